The molecular formula is C59H104O6. The Morgan fingerprint density at radius 1 is 0.323 bits per heavy atom. The van der Waals surface area contributed by atoms with Gasteiger partial charge < -0.3 is 14.2 Å². The van der Waals surface area contributed by atoms with Crippen LogP contribution in [0.3, 0.4) is 0 Å². The highest BCUT2D eigenvalue weighted by Crippen LogP contribution is 2.15. The van der Waals surface area contributed by atoms with E-state index in [0.29, 0.717) is 19.3 Å². The van der Waals surface area contributed by atoms with Gasteiger partial charge in [0.25, 0.3) is 0 Å². The summed E-state index contributed by atoms with van der Waals surface area (Å²) in [6, 6.07) is 0. The highest BCUT2D eigenvalue weighted by atomic mass is 16.6. The van der Waals surface area contributed by atoms with Gasteiger partial charge >= 0.3 is 17.9 Å². The lowest BCUT2D eigenvalue weighted by atomic mass is 10.1. The minimum Gasteiger partial charge on any atom is -0.462 e. The first-order chi connectivity index (χ1) is 32.0. The van der Waals surface area contributed by atoms with E-state index in [0.717, 1.165) is 96.3 Å². The van der Waals surface area contributed by atoms with Gasteiger partial charge in [-0.25, -0.2) is 0 Å². The molecule has 0 aromatic heterocycles. The molecule has 0 spiro atoms. The van der Waals surface area contributed by atoms with Crippen LogP contribution in [0.15, 0.2) is 60.8 Å². The van der Waals surface area contributed by atoms with E-state index in [1.54, 1.807) is 0 Å². The molecule has 0 rings (SSSR count). The highest BCUT2D eigenvalue weighted by molar-refractivity contribution is 5.71. The molecule has 0 fully saturated rings. The van der Waals surface area contributed by atoms with E-state index < -0.39 is 6.10 Å². The predicted molar refractivity (Wildman–Crippen MR) is 279 cm³/mol. The molecule has 0 aliphatic rings. The van der Waals surface area contributed by atoms with Crippen LogP contribution in [0.2, 0.25) is 0 Å². The third kappa shape index (κ3) is 51.9. The van der Waals surface area contributed by atoms with E-state index in [2.05, 4.69) is 81.5 Å². The van der Waals surface area contributed by atoms with Crippen molar-refractivity contribution >= 4 is 17.9 Å². The first kappa shape index (κ1) is 62.1. The van der Waals surface area contributed by atoms with Crippen molar-refractivity contribution in [3.63, 3.8) is 0 Å². The fourth-order valence-electron chi connectivity index (χ4n) is 7.80. The Labute approximate surface area is 402 Å². The van der Waals surface area contributed by atoms with Crippen LogP contribution in [0, 0.1) is 0 Å². The monoisotopic (exact) mass is 909 g/mol. The van der Waals surface area contributed by atoms with Crippen LogP contribution in [-0.2, 0) is 28.6 Å². The van der Waals surface area contributed by atoms with Crippen molar-refractivity contribution < 1.29 is 28.6 Å². The van der Waals surface area contributed by atoms with Crippen LogP contribution >= 0.6 is 0 Å². The number of carbonyl (C=O) groups excluding carboxylic acids is 3. The summed E-state index contributed by atoms with van der Waals surface area (Å²) in [5, 5.41) is 0. The Hall–Kier alpha value is -2.89. The second-order valence-corrected chi connectivity index (χ2v) is 18.5. The number of esters is 3. The van der Waals surface area contributed by atoms with E-state index >= 15 is 0 Å². The lowest BCUT2D eigenvalue weighted by Crippen LogP contribution is -2.30. The molecule has 0 heterocycles. The van der Waals surface area contributed by atoms with Crippen molar-refractivity contribution in [2.75, 3.05) is 13.2 Å². The molecule has 0 radical (unpaired) electrons. The number of unbranched alkanes of at least 4 members (excludes halogenated alkanes) is 29. The van der Waals surface area contributed by atoms with Gasteiger partial charge in [0.05, 0.1) is 0 Å². The van der Waals surface area contributed by atoms with Crippen molar-refractivity contribution in [1.82, 2.24) is 0 Å². The molecule has 0 aliphatic heterocycles. The SMILES string of the molecule is CC/C=C\C/C=C\C/C=C\CCCCCC(=O)OCC(COC(=O)CCCCCCCCCCC/C=C\CCCCCCCC)OC(=O)CCCCCCC/C=C\CCCCCCCC. The van der Waals surface area contributed by atoms with Crippen LogP contribution in [0.4, 0.5) is 0 Å². The van der Waals surface area contributed by atoms with Crippen LogP contribution in [0.5, 0.6) is 0 Å². The van der Waals surface area contributed by atoms with Crippen LogP contribution < -0.4 is 0 Å². The van der Waals surface area contributed by atoms with Gasteiger partial charge in [-0.3, -0.25) is 14.4 Å². The third-order valence-corrected chi connectivity index (χ3v) is 12.0. The maximum absolute atomic E-state index is 12.8. The number of allylic oxidation sites excluding steroid dienone is 10. The smallest absolute Gasteiger partial charge is 0.306 e. The first-order valence-corrected chi connectivity index (χ1v) is 27.8. The van der Waals surface area contributed by atoms with Gasteiger partial charge in [-0.15, -0.1) is 0 Å². The molecule has 0 aromatic rings. The maximum atomic E-state index is 12.8. The second kappa shape index (κ2) is 53.7. The zero-order valence-electron chi connectivity index (χ0n) is 43.0. The van der Waals surface area contributed by atoms with E-state index in [9.17, 15) is 14.4 Å². The summed E-state index contributed by atoms with van der Waals surface area (Å²) in [5.74, 6) is -0.921. The molecular weight excluding hydrogens is 805 g/mol. The van der Waals surface area contributed by atoms with Crippen molar-refractivity contribution in [2.45, 2.75) is 284 Å². The Balaban J connectivity index is 4.38. The quantitative estimate of drug-likeness (QED) is 0.0262. The van der Waals surface area contributed by atoms with Gasteiger partial charge in [0.1, 0.15) is 13.2 Å². The van der Waals surface area contributed by atoms with Crippen molar-refractivity contribution in [3.8, 4) is 0 Å². The maximum Gasteiger partial charge on any atom is 0.306 e. The van der Waals surface area contributed by atoms with E-state index in [1.807, 2.05) is 0 Å². The van der Waals surface area contributed by atoms with Crippen LogP contribution in [0.1, 0.15) is 278 Å². The lowest BCUT2D eigenvalue weighted by molar-refractivity contribution is -0.167. The van der Waals surface area contributed by atoms with E-state index in [1.165, 1.54) is 141 Å². The second-order valence-electron chi connectivity index (χ2n) is 18.5. The molecule has 376 valence electrons. The van der Waals surface area contributed by atoms with Gasteiger partial charge in [-0.2, -0.15) is 0 Å². The normalized spacial score (nSPS) is 12.5. The summed E-state index contributed by atoms with van der Waals surface area (Å²) in [6.07, 6.45) is 66.4. The summed E-state index contributed by atoms with van der Waals surface area (Å²) in [7, 11) is 0. The number of hydrogen-bond donors (Lipinski definition) is 0. The zero-order chi connectivity index (χ0) is 47.2. The van der Waals surface area contributed by atoms with Gasteiger partial charge in [0.15, 0.2) is 6.10 Å². The Morgan fingerprint density at radius 3 is 0.969 bits per heavy atom. The molecule has 0 aliphatic carbocycles. The molecule has 0 N–H and O–H groups in total. The molecule has 0 saturated carbocycles. The fourth-order valence-corrected chi connectivity index (χ4v) is 7.80. The summed E-state index contributed by atoms with van der Waals surface area (Å²) >= 11 is 0. The molecule has 0 saturated heterocycles. The molecule has 0 aromatic carbocycles. The fraction of sp³-hybridized carbons (Fsp3) is 0.780. The molecule has 6 nitrogen and oxygen atoms in total. The number of hydrogen-bond acceptors (Lipinski definition) is 6. The topological polar surface area (TPSA) is 78.9 Å². The van der Waals surface area contributed by atoms with Crippen LogP contribution in [0.25, 0.3) is 0 Å². The largest absolute Gasteiger partial charge is 0.462 e. The average Bonchev–Trinajstić information content (AvgIpc) is 3.30. The van der Waals surface area contributed by atoms with E-state index in [4.69, 9.17) is 14.2 Å². The molecule has 0 bridgehead atoms. The minimum atomic E-state index is -0.790. The minimum absolute atomic E-state index is 0.0872. The van der Waals surface area contributed by atoms with Gasteiger partial charge in [-0.05, 0) is 103 Å². The molecule has 65 heavy (non-hydrogen) atoms. The summed E-state index contributed by atoms with van der Waals surface area (Å²) in [6.45, 7) is 6.50. The predicted octanol–water partition coefficient (Wildman–Crippen LogP) is 18.4. The summed E-state index contributed by atoms with van der Waals surface area (Å²) in [5.41, 5.74) is 0. The average molecular weight is 909 g/mol. The Bertz CT molecular complexity index is 1180. The number of carbonyl (C=O) groups is 3. The Morgan fingerprint density at radius 2 is 0.600 bits per heavy atom. The van der Waals surface area contributed by atoms with Gasteiger partial charge in [0, 0.05) is 19.3 Å². The van der Waals surface area contributed by atoms with Crippen LogP contribution in [-0.4, -0.2) is 37.2 Å². The third-order valence-electron chi connectivity index (χ3n) is 12.0. The first-order valence-electron chi connectivity index (χ1n) is 27.8. The van der Waals surface area contributed by atoms with Gasteiger partial charge in [-0.1, -0.05) is 216 Å². The summed E-state index contributed by atoms with van der Waals surface area (Å²) < 4.78 is 16.8. The van der Waals surface area contributed by atoms with Crippen molar-refractivity contribution in [2.24, 2.45) is 0 Å². The zero-order valence-corrected chi connectivity index (χ0v) is 43.0. The molecule has 1 unspecified atom stereocenters. The summed E-state index contributed by atoms with van der Waals surface area (Å²) in [4.78, 5) is 38.1. The molecule has 6 heteroatoms. The van der Waals surface area contributed by atoms with Gasteiger partial charge in [0.2, 0.25) is 0 Å². The standard InChI is InChI=1S/C59H104O6/c1-4-7-10-13-16-19-22-25-27-28-29-30-32-34-37-40-43-46-49-52-58(61)64-55-56(54-63-57(60)51-48-45-42-39-36-33-24-21-18-15-12-9-6-3)65-59(62)53-50-47-44-41-38-35-31-26-23-20-17-14-11-8-5-2/h9,12,18,21,25-27,31,33,36,56H,4-8,10-11,13-17,19-20,22-24,28-30,32,34-35,37-55H2,1-3H3/b12-9-,21-18-,27-25-,31-26-,36-33-. The molecule has 1 atom stereocenters. The van der Waals surface area contributed by atoms with Crippen molar-refractivity contribution in [1.29, 1.82) is 0 Å². The van der Waals surface area contributed by atoms with E-state index in [-0.39, 0.29) is 31.1 Å². The van der Waals surface area contributed by atoms with Crippen molar-refractivity contribution in [3.05, 3.63) is 60.8 Å². The number of ether oxygens (including phenoxy) is 3. The lowest BCUT2D eigenvalue weighted by Gasteiger charge is -2.18. The molecule has 0 amide bonds. The number of rotatable bonds is 50. The highest BCUT2D eigenvalue weighted by Gasteiger charge is 2.19. The Kier molecular flexibility index (Phi) is 51.3.